The summed E-state index contributed by atoms with van der Waals surface area (Å²) >= 11 is 0. The minimum Gasteiger partial charge on any atom is -0.368 e. The Morgan fingerprint density at radius 2 is 1.57 bits per heavy atom. The highest BCUT2D eigenvalue weighted by molar-refractivity contribution is 5.91. The van der Waals surface area contributed by atoms with Gasteiger partial charge in [-0.3, -0.25) is 4.98 Å². The van der Waals surface area contributed by atoms with Crippen LogP contribution in [0.2, 0.25) is 0 Å². The van der Waals surface area contributed by atoms with E-state index in [4.69, 9.17) is 9.97 Å². The highest BCUT2D eigenvalue weighted by Gasteiger charge is 2.20. The first-order valence-corrected chi connectivity index (χ1v) is 10.3. The summed E-state index contributed by atoms with van der Waals surface area (Å²) in [6, 6.07) is 22.7. The summed E-state index contributed by atoms with van der Waals surface area (Å²) in [7, 11) is 0. The summed E-state index contributed by atoms with van der Waals surface area (Å²) in [6.45, 7) is 5.72. The number of para-hydroxylation sites is 2. The van der Waals surface area contributed by atoms with Crippen molar-refractivity contribution in [1.29, 1.82) is 0 Å². The fraction of sp³-hybridized carbons (Fsp3) is 0.208. The normalized spacial score (nSPS) is 14.2. The lowest BCUT2D eigenvalue weighted by molar-refractivity contribution is 0.639. The van der Waals surface area contributed by atoms with E-state index in [1.54, 1.807) is 0 Å². The number of anilines is 4. The minimum absolute atomic E-state index is 0.776. The van der Waals surface area contributed by atoms with Crippen LogP contribution >= 0.6 is 0 Å². The van der Waals surface area contributed by atoms with Crippen molar-refractivity contribution in [2.75, 3.05) is 41.3 Å². The van der Waals surface area contributed by atoms with Gasteiger partial charge in [-0.15, -0.1) is 0 Å². The zero-order valence-electron chi connectivity index (χ0n) is 17.0. The Morgan fingerprint density at radius 3 is 2.40 bits per heavy atom. The maximum Gasteiger partial charge on any atom is 0.227 e. The van der Waals surface area contributed by atoms with Crippen molar-refractivity contribution in [3.05, 3.63) is 78.6 Å². The number of rotatable bonds is 4. The molecule has 5 rings (SSSR count). The van der Waals surface area contributed by atoms with Gasteiger partial charge in [0.05, 0.1) is 11.2 Å². The molecule has 1 fully saturated rings. The van der Waals surface area contributed by atoms with Crippen LogP contribution in [-0.4, -0.2) is 41.1 Å². The van der Waals surface area contributed by atoms with Gasteiger partial charge in [0.15, 0.2) is 0 Å². The third kappa shape index (κ3) is 3.76. The molecule has 1 saturated heterocycles. The molecule has 0 radical (unpaired) electrons. The second-order valence-corrected chi connectivity index (χ2v) is 7.51. The summed E-state index contributed by atoms with van der Waals surface area (Å²) in [5, 5.41) is 4.55. The summed E-state index contributed by atoms with van der Waals surface area (Å²) in [5.74, 6) is 1.57. The molecular formula is C24H24N6. The zero-order valence-corrected chi connectivity index (χ0v) is 17.0. The fourth-order valence-electron chi connectivity index (χ4n) is 3.90. The van der Waals surface area contributed by atoms with Gasteiger partial charge in [-0.2, -0.15) is 4.98 Å². The van der Waals surface area contributed by atoms with Crippen LogP contribution < -0.4 is 15.1 Å². The number of nitrogens with one attached hydrogen (secondary N) is 1. The third-order valence-corrected chi connectivity index (χ3v) is 5.42. The molecule has 1 aliphatic rings. The van der Waals surface area contributed by atoms with Crippen LogP contribution in [0.4, 0.5) is 23.1 Å². The molecule has 6 nitrogen and oxygen atoms in total. The van der Waals surface area contributed by atoms with Crippen LogP contribution in [-0.2, 0) is 0 Å². The molecule has 0 amide bonds. The number of hydrogen-bond donors (Lipinski definition) is 1. The molecule has 6 heteroatoms. The number of piperazine rings is 1. The number of nitrogens with zero attached hydrogens (tertiary/aromatic N) is 5. The number of aromatic nitrogens is 3. The molecule has 0 aliphatic carbocycles. The van der Waals surface area contributed by atoms with Gasteiger partial charge in [0.1, 0.15) is 5.82 Å². The van der Waals surface area contributed by atoms with Crippen molar-refractivity contribution in [3.63, 3.8) is 0 Å². The summed E-state index contributed by atoms with van der Waals surface area (Å²) in [6.07, 6.45) is 1.82. The molecule has 0 spiro atoms. The molecule has 1 aliphatic heterocycles. The fourth-order valence-corrected chi connectivity index (χ4v) is 3.90. The van der Waals surface area contributed by atoms with Gasteiger partial charge < -0.3 is 15.1 Å². The highest BCUT2D eigenvalue weighted by atomic mass is 15.3. The zero-order chi connectivity index (χ0) is 20.3. The quantitative estimate of drug-likeness (QED) is 0.552. The Morgan fingerprint density at radius 1 is 0.800 bits per heavy atom. The molecule has 4 aromatic rings. The van der Waals surface area contributed by atoms with E-state index >= 15 is 0 Å². The van der Waals surface area contributed by atoms with Crippen LogP contribution in [0.25, 0.3) is 10.9 Å². The van der Waals surface area contributed by atoms with E-state index in [-0.39, 0.29) is 0 Å². The highest BCUT2D eigenvalue weighted by Crippen LogP contribution is 2.25. The van der Waals surface area contributed by atoms with E-state index in [9.17, 15) is 0 Å². The van der Waals surface area contributed by atoms with E-state index < -0.39 is 0 Å². The van der Waals surface area contributed by atoms with Crippen molar-refractivity contribution in [2.45, 2.75) is 6.92 Å². The van der Waals surface area contributed by atoms with Gasteiger partial charge in [-0.05, 0) is 31.2 Å². The first-order valence-electron chi connectivity index (χ1n) is 10.3. The first kappa shape index (κ1) is 18.4. The molecule has 0 unspecified atom stereocenters. The van der Waals surface area contributed by atoms with Gasteiger partial charge in [-0.25, -0.2) is 4.98 Å². The van der Waals surface area contributed by atoms with Crippen molar-refractivity contribution < 1.29 is 0 Å². The van der Waals surface area contributed by atoms with Crippen molar-refractivity contribution >= 4 is 34.0 Å². The average molecular weight is 396 g/mol. The van der Waals surface area contributed by atoms with E-state index in [2.05, 4.69) is 62.6 Å². The van der Waals surface area contributed by atoms with Gasteiger partial charge in [0.2, 0.25) is 5.95 Å². The lowest BCUT2D eigenvalue weighted by atomic mass is 10.2. The molecule has 2 aromatic heterocycles. The second-order valence-electron chi connectivity index (χ2n) is 7.51. The molecule has 3 heterocycles. The van der Waals surface area contributed by atoms with Gasteiger partial charge in [0.25, 0.3) is 0 Å². The maximum absolute atomic E-state index is 4.81. The summed E-state index contributed by atoms with van der Waals surface area (Å²) in [5.41, 5.74) is 4.11. The minimum atomic E-state index is 0.776. The first-order chi connectivity index (χ1) is 14.8. The Hall–Kier alpha value is -3.67. The van der Waals surface area contributed by atoms with Gasteiger partial charge >= 0.3 is 0 Å². The predicted octanol–water partition coefficient (Wildman–Crippen LogP) is 4.40. The van der Waals surface area contributed by atoms with E-state index in [1.807, 2.05) is 37.4 Å². The summed E-state index contributed by atoms with van der Waals surface area (Å²) in [4.78, 5) is 18.7. The molecular weight excluding hydrogens is 372 g/mol. The van der Waals surface area contributed by atoms with Crippen LogP contribution in [0.15, 0.2) is 72.9 Å². The summed E-state index contributed by atoms with van der Waals surface area (Å²) < 4.78 is 0. The second kappa shape index (κ2) is 7.99. The largest absolute Gasteiger partial charge is 0.368 e. The lowest BCUT2D eigenvalue weighted by Crippen LogP contribution is -2.47. The van der Waals surface area contributed by atoms with Crippen LogP contribution in [0, 0.1) is 6.92 Å². The van der Waals surface area contributed by atoms with E-state index in [1.165, 1.54) is 5.69 Å². The number of hydrogen-bond acceptors (Lipinski definition) is 6. The van der Waals surface area contributed by atoms with Gasteiger partial charge in [-0.1, -0.05) is 36.4 Å². The van der Waals surface area contributed by atoms with Crippen LogP contribution in [0.1, 0.15) is 5.69 Å². The number of pyridine rings is 1. The average Bonchev–Trinajstić information content (AvgIpc) is 2.80. The number of aryl methyl sites for hydroxylation is 1. The monoisotopic (exact) mass is 396 g/mol. The Bertz CT molecular complexity index is 1150. The molecule has 30 heavy (non-hydrogen) atoms. The van der Waals surface area contributed by atoms with Crippen molar-refractivity contribution in [3.8, 4) is 0 Å². The van der Waals surface area contributed by atoms with Crippen LogP contribution in [0.3, 0.4) is 0 Å². The maximum atomic E-state index is 4.81. The van der Waals surface area contributed by atoms with Gasteiger partial charge in [0, 0.05) is 55.2 Å². The topological polar surface area (TPSA) is 57.2 Å². The van der Waals surface area contributed by atoms with E-state index in [0.29, 0.717) is 0 Å². The smallest absolute Gasteiger partial charge is 0.227 e. The lowest BCUT2D eigenvalue weighted by Gasteiger charge is -2.36. The predicted molar refractivity (Wildman–Crippen MR) is 123 cm³/mol. The Balaban J connectivity index is 1.35. The number of benzene rings is 2. The Kier molecular flexibility index (Phi) is 4.89. The molecule has 150 valence electrons. The van der Waals surface area contributed by atoms with E-state index in [0.717, 1.165) is 60.2 Å². The molecule has 2 aromatic carbocycles. The SMILES string of the molecule is Cc1cc(Nc2cccc3cccnc23)nc(N2CCN(c3ccccc3)CC2)n1. The van der Waals surface area contributed by atoms with Crippen molar-refractivity contribution in [1.82, 2.24) is 15.0 Å². The molecule has 0 atom stereocenters. The molecule has 0 bridgehead atoms. The standard InChI is InChI=1S/C24H24N6/c1-18-17-22(27-21-11-5-7-19-8-6-12-25-23(19)21)28-24(26-18)30-15-13-29(14-16-30)20-9-3-2-4-10-20/h2-12,17H,13-16H2,1H3,(H,26,27,28). The molecule has 1 N–H and O–H groups in total. The number of fused-ring (bicyclic) bond motifs is 1. The Labute approximate surface area is 176 Å². The van der Waals surface area contributed by atoms with Crippen LogP contribution in [0.5, 0.6) is 0 Å². The molecule has 0 saturated carbocycles. The third-order valence-electron chi connectivity index (χ3n) is 5.42. The van der Waals surface area contributed by atoms with Crippen molar-refractivity contribution in [2.24, 2.45) is 0 Å².